The summed E-state index contributed by atoms with van der Waals surface area (Å²) in [5.41, 5.74) is 1.72. The van der Waals surface area contributed by atoms with Gasteiger partial charge in [0, 0.05) is 0 Å². The van der Waals surface area contributed by atoms with Gasteiger partial charge >= 0.3 is 0 Å². The summed E-state index contributed by atoms with van der Waals surface area (Å²) in [6.45, 7) is 5.09. The van der Waals surface area contributed by atoms with Crippen LogP contribution in [0, 0.1) is 6.92 Å². The average Bonchev–Trinajstić information content (AvgIpc) is 2.90. The Labute approximate surface area is 130 Å². The maximum Gasteiger partial charge on any atom is 0.291 e. The quantitative estimate of drug-likeness (QED) is 0.889. The van der Waals surface area contributed by atoms with Crippen LogP contribution in [-0.2, 0) is 6.54 Å². The number of carbonyl (C=O) groups is 1. The largest absolute Gasteiger partial charge is 0.492 e. The van der Waals surface area contributed by atoms with Crippen LogP contribution in [0.15, 0.2) is 34.7 Å². The van der Waals surface area contributed by atoms with Gasteiger partial charge in [-0.25, -0.2) is 0 Å². The lowest BCUT2D eigenvalue weighted by atomic mass is 10.2. The Morgan fingerprint density at radius 3 is 2.73 bits per heavy atom. The molecule has 0 spiro atoms. The van der Waals surface area contributed by atoms with E-state index in [1.165, 1.54) is 0 Å². The number of carbonyl (C=O) groups excluding carboxylic acids is 1. The normalized spacial score (nSPS) is 10.8. The van der Waals surface area contributed by atoms with Crippen LogP contribution in [0.5, 0.6) is 5.75 Å². The fourth-order valence-electron chi connectivity index (χ4n) is 2.09. The molecule has 0 aliphatic heterocycles. The number of hydrogen-bond acceptors (Lipinski definition) is 4. The number of nitrogens with one attached hydrogen (secondary N) is 1. The summed E-state index contributed by atoms with van der Waals surface area (Å²) in [4.78, 5) is 14.3. The van der Waals surface area contributed by atoms with Crippen LogP contribution in [-0.4, -0.2) is 31.5 Å². The minimum atomic E-state index is -0.283. The first-order chi connectivity index (χ1) is 10.5. The van der Waals surface area contributed by atoms with Crippen molar-refractivity contribution in [1.82, 2.24) is 4.90 Å². The molecule has 2 aromatic rings. The number of furan rings is 1. The molecule has 5 heteroatoms. The molecule has 1 amide bonds. The van der Waals surface area contributed by atoms with Gasteiger partial charge < -0.3 is 19.4 Å². The summed E-state index contributed by atoms with van der Waals surface area (Å²) < 4.78 is 11.1. The van der Waals surface area contributed by atoms with Crippen molar-refractivity contribution in [2.24, 2.45) is 0 Å². The molecule has 0 fully saturated rings. The highest BCUT2D eigenvalue weighted by molar-refractivity contribution is 6.03. The SMILES string of the molecule is CCOc1cc(C)ccc1NC(=O)c1ccc(CN(C)C)o1. The van der Waals surface area contributed by atoms with Crippen molar-refractivity contribution < 1.29 is 13.9 Å². The number of benzene rings is 1. The predicted molar refractivity (Wildman–Crippen MR) is 86.4 cm³/mol. The average molecular weight is 302 g/mol. The monoisotopic (exact) mass is 302 g/mol. The molecule has 118 valence electrons. The molecule has 1 heterocycles. The number of anilines is 1. The van der Waals surface area contributed by atoms with Gasteiger partial charge in [0.1, 0.15) is 11.5 Å². The molecule has 0 aliphatic rings. The van der Waals surface area contributed by atoms with Crippen LogP contribution >= 0.6 is 0 Å². The van der Waals surface area contributed by atoms with Gasteiger partial charge in [0.15, 0.2) is 5.76 Å². The first kappa shape index (κ1) is 16.1. The minimum absolute atomic E-state index is 0.283. The van der Waals surface area contributed by atoms with Gasteiger partial charge in [-0.15, -0.1) is 0 Å². The number of ether oxygens (including phenoxy) is 1. The fourth-order valence-corrected chi connectivity index (χ4v) is 2.09. The Kier molecular flexibility index (Phi) is 5.22. The number of hydrogen-bond donors (Lipinski definition) is 1. The predicted octanol–water partition coefficient (Wildman–Crippen LogP) is 3.30. The smallest absolute Gasteiger partial charge is 0.291 e. The van der Waals surface area contributed by atoms with Crippen molar-refractivity contribution >= 4 is 11.6 Å². The summed E-state index contributed by atoms with van der Waals surface area (Å²) in [6, 6.07) is 9.16. The second-order valence-electron chi connectivity index (χ2n) is 5.39. The van der Waals surface area contributed by atoms with Crippen molar-refractivity contribution in [3.05, 3.63) is 47.4 Å². The topological polar surface area (TPSA) is 54.7 Å². The van der Waals surface area contributed by atoms with Gasteiger partial charge in [0.2, 0.25) is 0 Å². The summed E-state index contributed by atoms with van der Waals surface area (Å²) in [6.07, 6.45) is 0. The number of aryl methyl sites for hydroxylation is 1. The van der Waals surface area contributed by atoms with Crippen molar-refractivity contribution in [2.75, 3.05) is 26.0 Å². The van der Waals surface area contributed by atoms with Crippen molar-refractivity contribution in [1.29, 1.82) is 0 Å². The number of rotatable bonds is 6. The van der Waals surface area contributed by atoms with Gasteiger partial charge in [0.25, 0.3) is 5.91 Å². The third-order valence-corrected chi connectivity index (χ3v) is 3.04. The molecular formula is C17H22N2O3. The molecule has 2 rings (SSSR count). The van der Waals surface area contributed by atoms with E-state index in [1.54, 1.807) is 6.07 Å². The molecule has 1 N–H and O–H groups in total. The van der Waals surface area contributed by atoms with Crippen molar-refractivity contribution in [2.45, 2.75) is 20.4 Å². The van der Waals surface area contributed by atoms with E-state index in [9.17, 15) is 4.79 Å². The van der Waals surface area contributed by atoms with Crippen molar-refractivity contribution in [3.8, 4) is 5.75 Å². The molecule has 1 aromatic carbocycles. The highest BCUT2D eigenvalue weighted by atomic mass is 16.5. The zero-order valence-corrected chi connectivity index (χ0v) is 13.5. The Morgan fingerprint density at radius 2 is 2.05 bits per heavy atom. The Morgan fingerprint density at radius 1 is 1.27 bits per heavy atom. The minimum Gasteiger partial charge on any atom is -0.492 e. The van der Waals surface area contributed by atoms with Crippen LogP contribution in [0.2, 0.25) is 0 Å². The van der Waals surface area contributed by atoms with Gasteiger partial charge in [0.05, 0.1) is 18.8 Å². The van der Waals surface area contributed by atoms with E-state index in [-0.39, 0.29) is 5.91 Å². The Balaban J connectivity index is 2.13. The summed E-state index contributed by atoms with van der Waals surface area (Å²) >= 11 is 0. The van der Waals surface area contributed by atoms with Crippen molar-refractivity contribution in [3.63, 3.8) is 0 Å². The third kappa shape index (κ3) is 4.11. The van der Waals surface area contributed by atoms with Gasteiger partial charge in [-0.1, -0.05) is 6.07 Å². The van der Waals surface area contributed by atoms with Crippen LogP contribution in [0.3, 0.4) is 0 Å². The molecule has 1 aromatic heterocycles. The first-order valence-electron chi connectivity index (χ1n) is 7.28. The maximum absolute atomic E-state index is 12.3. The Hall–Kier alpha value is -2.27. The van der Waals surface area contributed by atoms with E-state index in [4.69, 9.17) is 9.15 Å². The van der Waals surface area contributed by atoms with Gasteiger partial charge in [-0.2, -0.15) is 0 Å². The summed E-state index contributed by atoms with van der Waals surface area (Å²) in [5, 5.41) is 2.83. The standard InChI is InChI=1S/C17H22N2O3/c1-5-21-16-10-12(2)6-8-14(16)18-17(20)15-9-7-13(22-15)11-19(3)4/h6-10H,5,11H2,1-4H3,(H,18,20). The van der Waals surface area contributed by atoms with Gasteiger partial charge in [-0.3, -0.25) is 4.79 Å². The molecule has 0 saturated carbocycles. The molecule has 0 saturated heterocycles. The third-order valence-electron chi connectivity index (χ3n) is 3.04. The molecule has 0 radical (unpaired) electrons. The second kappa shape index (κ2) is 7.13. The zero-order valence-electron chi connectivity index (χ0n) is 13.5. The molecule has 0 atom stereocenters. The van der Waals surface area contributed by atoms with E-state index in [0.29, 0.717) is 30.3 Å². The highest BCUT2D eigenvalue weighted by Gasteiger charge is 2.14. The van der Waals surface area contributed by atoms with Crippen LogP contribution in [0.25, 0.3) is 0 Å². The summed E-state index contributed by atoms with van der Waals surface area (Å²) in [7, 11) is 3.89. The van der Waals surface area contributed by atoms with E-state index in [1.807, 2.05) is 57.1 Å². The van der Waals surface area contributed by atoms with E-state index in [2.05, 4.69) is 5.32 Å². The zero-order chi connectivity index (χ0) is 16.1. The molecule has 5 nitrogen and oxygen atoms in total. The van der Waals surface area contributed by atoms with Crippen LogP contribution < -0.4 is 10.1 Å². The van der Waals surface area contributed by atoms with Crippen LogP contribution in [0.1, 0.15) is 28.8 Å². The van der Waals surface area contributed by atoms with E-state index >= 15 is 0 Å². The first-order valence-corrected chi connectivity index (χ1v) is 7.28. The molecular weight excluding hydrogens is 280 g/mol. The molecule has 0 bridgehead atoms. The van der Waals surface area contributed by atoms with Gasteiger partial charge in [-0.05, 0) is 57.8 Å². The lowest BCUT2D eigenvalue weighted by molar-refractivity contribution is 0.0993. The second-order valence-corrected chi connectivity index (χ2v) is 5.39. The summed E-state index contributed by atoms with van der Waals surface area (Å²) in [5.74, 6) is 1.43. The number of amides is 1. The van der Waals surface area contributed by atoms with Crippen LogP contribution in [0.4, 0.5) is 5.69 Å². The molecule has 0 aliphatic carbocycles. The fraction of sp³-hybridized carbons (Fsp3) is 0.353. The lowest BCUT2D eigenvalue weighted by Gasteiger charge is -2.11. The maximum atomic E-state index is 12.3. The molecule has 0 unspecified atom stereocenters. The number of nitrogens with zero attached hydrogens (tertiary/aromatic N) is 1. The lowest BCUT2D eigenvalue weighted by Crippen LogP contribution is -2.13. The van der Waals surface area contributed by atoms with E-state index < -0.39 is 0 Å². The highest BCUT2D eigenvalue weighted by Crippen LogP contribution is 2.26. The Bertz CT molecular complexity index is 647. The molecule has 22 heavy (non-hydrogen) atoms. The van der Waals surface area contributed by atoms with E-state index in [0.717, 1.165) is 11.3 Å².